The molecule has 0 saturated carbocycles. The number of benzene rings is 1. The van der Waals surface area contributed by atoms with Crippen molar-refractivity contribution in [1.29, 1.82) is 0 Å². The quantitative estimate of drug-likeness (QED) is 0.505. The average molecular weight is 250 g/mol. The molecule has 0 heterocycles. The van der Waals surface area contributed by atoms with Crippen LogP contribution in [0.25, 0.3) is 0 Å². The van der Waals surface area contributed by atoms with Crippen molar-refractivity contribution in [3.8, 4) is 0 Å². The van der Waals surface area contributed by atoms with Gasteiger partial charge in [-0.1, -0.05) is 76.2 Å². The van der Waals surface area contributed by atoms with Crippen molar-refractivity contribution >= 4 is 0 Å². The van der Waals surface area contributed by atoms with Gasteiger partial charge in [0.2, 0.25) is 0 Å². The Labute approximate surface area is 116 Å². The molecular weight excluding hydrogens is 216 g/mol. The van der Waals surface area contributed by atoms with Gasteiger partial charge in [-0.25, -0.2) is 0 Å². The van der Waals surface area contributed by atoms with Crippen molar-refractivity contribution in [3.05, 3.63) is 60.7 Å². The molecule has 0 nitrogen and oxygen atoms in total. The van der Waals surface area contributed by atoms with E-state index in [9.17, 15) is 0 Å². The largest absolute Gasteiger partial charge is 0.103 e. The molecule has 1 rings (SSSR count). The van der Waals surface area contributed by atoms with Crippen LogP contribution in [0.15, 0.2) is 55.1 Å². The summed E-state index contributed by atoms with van der Waals surface area (Å²) in [6, 6.07) is 10.3. The van der Waals surface area contributed by atoms with Gasteiger partial charge in [0, 0.05) is 0 Å². The average Bonchev–Trinajstić information content (AvgIpc) is 2.31. The second-order valence-corrected chi connectivity index (χ2v) is 3.66. The van der Waals surface area contributed by atoms with Crippen LogP contribution in [-0.2, 0) is 0 Å². The predicted octanol–water partition coefficient (Wildman–Crippen LogP) is 6.82. The maximum absolute atomic E-state index is 3.67. The van der Waals surface area contributed by atoms with Crippen LogP contribution < -0.4 is 0 Å². The molecule has 0 aromatic heterocycles. The fraction of sp³-hybridized carbons (Fsp3) is 0.444. The first-order valence-corrected chi connectivity index (χ1v) is 5.85. The van der Waals surface area contributed by atoms with Gasteiger partial charge in [-0.15, -0.1) is 13.2 Å². The van der Waals surface area contributed by atoms with E-state index in [4.69, 9.17) is 0 Å². The van der Waals surface area contributed by atoms with Gasteiger partial charge < -0.3 is 0 Å². The summed E-state index contributed by atoms with van der Waals surface area (Å²) in [5.41, 5.74) is 2.58. The number of hydrogen-bond donors (Lipinski definition) is 0. The minimum atomic E-state index is 0. The van der Waals surface area contributed by atoms with Crippen LogP contribution in [0.2, 0.25) is 0 Å². The maximum atomic E-state index is 3.67. The van der Waals surface area contributed by atoms with Gasteiger partial charge in [0.15, 0.2) is 0 Å². The van der Waals surface area contributed by atoms with Crippen molar-refractivity contribution in [2.45, 2.75) is 55.4 Å². The van der Waals surface area contributed by atoms with Crippen LogP contribution in [-0.4, -0.2) is 0 Å². The van der Waals surface area contributed by atoms with Crippen molar-refractivity contribution in [1.82, 2.24) is 0 Å². The lowest BCUT2D eigenvalue weighted by molar-refractivity contribution is 1.11. The van der Waals surface area contributed by atoms with E-state index in [1.54, 1.807) is 0 Å². The maximum Gasteiger partial charge on any atom is -0.0354 e. The van der Waals surface area contributed by atoms with Gasteiger partial charge in [0.25, 0.3) is 0 Å². The fourth-order valence-corrected chi connectivity index (χ4v) is 0.534. The summed E-state index contributed by atoms with van der Waals surface area (Å²) in [6.07, 6.45) is 4.07. The Morgan fingerprint density at radius 2 is 1.44 bits per heavy atom. The van der Waals surface area contributed by atoms with E-state index in [1.807, 2.05) is 31.2 Å². The van der Waals surface area contributed by atoms with Gasteiger partial charge >= 0.3 is 0 Å². The highest BCUT2D eigenvalue weighted by atomic mass is 13.8. The molecule has 0 saturated heterocycles. The van der Waals surface area contributed by atoms with Gasteiger partial charge in [-0.3, -0.25) is 0 Å². The Balaban J connectivity index is -0.0000000811. The van der Waals surface area contributed by atoms with Crippen LogP contribution in [0.4, 0.5) is 0 Å². The van der Waals surface area contributed by atoms with Gasteiger partial charge in [-0.2, -0.15) is 0 Å². The van der Waals surface area contributed by atoms with Crippen molar-refractivity contribution in [2.75, 3.05) is 0 Å². The second-order valence-electron chi connectivity index (χ2n) is 3.66. The molecule has 0 aliphatic heterocycles. The molecule has 18 heavy (non-hydrogen) atoms. The standard InChI is InChI=1S/C7H8.C5H10.C4H8.2CH4/c1-7-5-3-2-4-6-7;1-4-5(2)3;1-3-4-2;;/h2-6H,1H3;2,4H2,1,3H3;3H,1,4H2,2H3;2*1H4. The Bertz CT molecular complexity index is 257. The van der Waals surface area contributed by atoms with Crippen LogP contribution in [0.1, 0.15) is 54.0 Å². The van der Waals surface area contributed by atoms with E-state index in [-0.39, 0.29) is 14.9 Å². The highest BCUT2D eigenvalue weighted by Crippen LogP contribution is 1.92. The van der Waals surface area contributed by atoms with Gasteiger partial charge in [-0.05, 0) is 26.7 Å². The van der Waals surface area contributed by atoms with Crippen LogP contribution in [0, 0.1) is 6.92 Å². The molecule has 1 aromatic rings. The lowest BCUT2D eigenvalue weighted by atomic mass is 10.2. The van der Waals surface area contributed by atoms with Crippen LogP contribution >= 0.6 is 0 Å². The third-order valence-corrected chi connectivity index (χ3v) is 1.83. The van der Waals surface area contributed by atoms with Gasteiger partial charge in [0.1, 0.15) is 0 Å². The summed E-state index contributed by atoms with van der Waals surface area (Å²) < 4.78 is 0. The summed E-state index contributed by atoms with van der Waals surface area (Å²) in [6.45, 7) is 15.4. The summed E-state index contributed by atoms with van der Waals surface area (Å²) in [7, 11) is 0. The zero-order valence-corrected chi connectivity index (χ0v) is 11.3. The lowest BCUT2D eigenvalue weighted by Crippen LogP contribution is -1.62. The molecule has 0 spiro atoms. The molecule has 0 fully saturated rings. The fourth-order valence-electron chi connectivity index (χ4n) is 0.534. The molecule has 0 N–H and O–H groups in total. The Morgan fingerprint density at radius 3 is 1.56 bits per heavy atom. The smallest absolute Gasteiger partial charge is 0.0354 e. The highest BCUT2D eigenvalue weighted by molar-refractivity contribution is 5.11. The molecule has 0 atom stereocenters. The van der Waals surface area contributed by atoms with Crippen molar-refractivity contribution < 1.29 is 0 Å². The molecule has 0 unspecified atom stereocenters. The normalized spacial score (nSPS) is 6.89. The molecule has 0 aliphatic rings. The first kappa shape index (κ1) is 25.5. The van der Waals surface area contributed by atoms with Crippen molar-refractivity contribution in [3.63, 3.8) is 0 Å². The van der Waals surface area contributed by atoms with E-state index < -0.39 is 0 Å². The SMILES string of the molecule is C.C.C=C(C)CC.C=CCC.Cc1ccccc1. The zero-order valence-electron chi connectivity index (χ0n) is 11.3. The second kappa shape index (κ2) is 21.0. The molecule has 0 amide bonds. The molecule has 0 aliphatic carbocycles. The zero-order chi connectivity index (χ0) is 12.8. The molecule has 0 radical (unpaired) electrons. The van der Waals surface area contributed by atoms with E-state index in [2.05, 4.69) is 46.1 Å². The summed E-state index contributed by atoms with van der Waals surface area (Å²) >= 11 is 0. The number of rotatable bonds is 2. The Kier molecular flexibility index (Phi) is 29.8. The third kappa shape index (κ3) is 29.3. The predicted molar refractivity (Wildman–Crippen MR) is 90.2 cm³/mol. The minimum Gasteiger partial charge on any atom is -0.103 e. The third-order valence-electron chi connectivity index (χ3n) is 1.83. The number of hydrogen-bond acceptors (Lipinski definition) is 0. The summed E-state index contributed by atoms with van der Waals surface area (Å²) in [5, 5.41) is 0. The van der Waals surface area contributed by atoms with E-state index in [0.717, 1.165) is 12.8 Å². The first-order chi connectivity index (χ1) is 7.58. The van der Waals surface area contributed by atoms with Crippen molar-refractivity contribution in [2.24, 2.45) is 0 Å². The first-order valence-electron chi connectivity index (χ1n) is 5.85. The summed E-state index contributed by atoms with van der Waals surface area (Å²) in [5.74, 6) is 0. The highest BCUT2D eigenvalue weighted by Gasteiger charge is 1.72. The molecule has 0 bridgehead atoms. The Morgan fingerprint density at radius 1 is 1.11 bits per heavy atom. The monoisotopic (exact) mass is 250 g/mol. The summed E-state index contributed by atoms with van der Waals surface area (Å²) in [4.78, 5) is 0. The molecule has 1 aromatic carbocycles. The molecular formula is C18H34. The topological polar surface area (TPSA) is 0 Å². The van der Waals surface area contributed by atoms with E-state index in [0.29, 0.717) is 0 Å². The van der Waals surface area contributed by atoms with Crippen LogP contribution in [0.3, 0.4) is 0 Å². The minimum absolute atomic E-state index is 0. The number of aryl methyl sites for hydroxylation is 1. The molecule has 106 valence electrons. The Hall–Kier alpha value is -1.30. The number of allylic oxidation sites excluding steroid dienone is 2. The van der Waals surface area contributed by atoms with Crippen LogP contribution in [0.5, 0.6) is 0 Å². The molecule has 0 heteroatoms. The van der Waals surface area contributed by atoms with E-state index >= 15 is 0 Å². The van der Waals surface area contributed by atoms with E-state index in [1.165, 1.54) is 11.1 Å². The lowest BCUT2D eigenvalue weighted by Gasteiger charge is -1.82. The van der Waals surface area contributed by atoms with Gasteiger partial charge in [0.05, 0.1) is 0 Å².